The first-order valence-electron chi connectivity index (χ1n) is 17.4. The van der Waals surface area contributed by atoms with Gasteiger partial charge < -0.3 is 35.3 Å². The van der Waals surface area contributed by atoms with Crippen LogP contribution in [0.3, 0.4) is 0 Å². The molecule has 0 aliphatic carbocycles. The molecule has 0 bridgehead atoms. The zero-order valence-electron chi connectivity index (χ0n) is 28.0. The summed E-state index contributed by atoms with van der Waals surface area (Å²) in [5, 5.41) is 5.33. The van der Waals surface area contributed by atoms with Gasteiger partial charge in [0.05, 0.1) is 18.6 Å². The van der Waals surface area contributed by atoms with Gasteiger partial charge in [0, 0.05) is 25.6 Å². The number of carbonyl (C=O) groups is 5. The minimum Gasteiger partial charge on any atom is -0.434 e. The number of aromatic nitrogens is 2. The van der Waals surface area contributed by atoms with E-state index in [1.54, 1.807) is 6.20 Å². The number of nitrogens with one attached hydrogen (secondary N) is 2. The van der Waals surface area contributed by atoms with Crippen LogP contribution in [0.4, 0.5) is 4.79 Å². The number of hydrogen-bond acceptors (Lipinski definition) is 8. The SMILES string of the molecule is CCCCCC/C=C/CCCCCCCCOC(=O)OCn1cnc(CC(NC(=O)C2CCC(=O)N2)C(=O)N2CCCC2C(N)=O)c1. The zero-order chi connectivity index (χ0) is 33.9. The van der Waals surface area contributed by atoms with E-state index in [9.17, 15) is 24.0 Å². The summed E-state index contributed by atoms with van der Waals surface area (Å²) < 4.78 is 11.9. The fourth-order valence-electron chi connectivity index (χ4n) is 5.92. The average molecular weight is 659 g/mol. The van der Waals surface area contributed by atoms with E-state index in [0.717, 1.165) is 25.7 Å². The molecule has 0 radical (unpaired) electrons. The number of hydrogen-bond donors (Lipinski definition) is 3. The van der Waals surface area contributed by atoms with Crippen molar-refractivity contribution >= 4 is 29.8 Å². The van der Waals surface area contributed by atoms with Gasteiger partial charge in [-0.25, -0.2) is 9.78 Å². The van der Waals surface area contributed by atoms with Crippen molar-refractivity contribution in [1.82, 2.24) is 25.1 Å². The number of ether oxygens (including phenoxy) is 2. The predicted octanol–water partition coefficient (Wildman–Crippen LogP) is 4.03. The average Bonchev–Trinajstić information content (AvgIpc) is 3.83. The molecule has 1 aromatic heterocycles. The van der Waals surface area contributed by atoms with Crippen LogP contribution in [-0.2, 0) is 41.8 Å². The Balaban J connectivity index is 1.34. The van der Waals surface area contributed by atoms with Gasteiger partial charge in [0.15, 0.2) is 6.73 Å². The van der Waals surface area contributed by atoms with Crippen LogP contribution >= 0.6 is 0 Å². The second kappa shape index (κ2) is 21.1. The van der Waals surface area contributed by atoms with Crippen LogP contribution < -0.4 is 16.4 Å². The molecule has 3 unspecified atom stereocenters. The third-order valence-electron chi connectivity index (χ3n) is 8.60. The first-order chi connectivity index (χ1) is 22.8. The lowest BCUT2D eigenvalue weighted by Crippen LogP contribution is -2.56. The molecule has 2 aliphatic rings. The van der Waals surface area contributed by atoms with Crippen LogP contribution in [0.5, 0.6) is 0 Å². The molecular weight excluding hydrogens is 604 g/mol. The van der Waals surface area contributed by atoms with E-state index in [1.165, 1.54) is 67.2 Å². The summed E-state index contributed by atoms with van der Waals surface area (Å²) in [5.74, 6) is -1.75. The highest BCUT2D eigenvalue weighted by Crippen LogP contribution is 2.19. The van der Waals surface area contributed by atoms with Crippen molar-refractivity contribution in [3.8, 4) is 0 Å². The van der Waals surface area contributed by atoms with Gasteiger partial charge >= 0.3 is 6.16 Å². The Bertz CT molecular complexity index is 1190. The summed E-state index contributed by atoms with van der Waals surface area (Å²) in [6.07, 6.45) is 22.6. The molecule has 0 spiro atoms. The van der Waals surface area contributed by atoms with Crippen molar-refractivity contribution < 1.29 is 33.4 Å². The highest BCUT2D eigenvalue weighted by Gasteiger charge is 2.38. The van der Waals surface area contributed by atoms with Crippen LogP contribution in [0.15, 0.2) is 24.7 Å². The summed E-state index contributed by atoms with van der Waals surface area (Å²) >= 11 is 0. The van der Waals surface area contributed by atoms with Gasteiger partial charge in [-0.3, -0.25) is 19.2 Å². The van der Waals surface area contributed by atoms with Crippen molar-refractivity contribution in [2.45, 2.75) is 141 Å². The minimum atomic E-state index is -1.03. The summed E-state index contributed by atoms with van der Waals surface area (Å²) in [5.41, 5.74) is 5.97. The highest BCUT2D eigenvalue weighted by atomic mass is 16.7. The van der Waals surface area contributed by atoms with E-state index < -0.39 is 42.0 Å². The van der Waals surface area contributed by atoms with Gasteiger partial charge in [-0.05, 0) is 51.4 Å². The largest absolute Gasteiger partial charge is 0.510 e. The molecule has 4 N–H and O–H groups in total. The van der Waals surface area contributed by atoms with E-state index >= 15 is 0 Å². The first-order valence-corrected chi connectivity index (χ1v) is 17.4. The first kappa shape index (κ1) is 37.6. The molecule has 1 aromatic rings. The fraction of sp³-hybridized carbons (Fsp3) is 0.706. The maximum atomic E-state index is 13.5. The van der Waals surface area contributed by atoms with Crippen molar-refractivity contribution in [2.75, 3.05) is 13.2 Å². The number of primary amides is 1. The standard InChI is InChI=1S/C34H54N6O7/c1-2-3-4-5-6-7-8-9-10-11-12-13-14-15-21-46-34(45)47-25-39-23-26(36-24-39)22-28(38-32(43)27-18-19-30(41)37-27)33(44)40-20-16-17-29(40)31(35)42/h7-8,23-24,27-29H,2-6,9-22,25H2,1H3,(H2,35,42)(H,37,41)(H,38,43)/b8-7+. The molecule has 0 aromatic carbocycles. The Morgan fingerprint density at radius 2 is 1.72 bits per heavy atom. The number of amides is 4. The minimum absolute atomic E-state index is 0.0283. The number of allylic oxidation sites excluding steroid dienone is 2. The van der Waals surface area contributed by atoms with E-state index in [2.05, 4.69) is 34.7 Å². The summed E-state index contributed by atoms with van der Waals surface area (Å²) in [6, 6.07) is -2.51. The van der Waals surface area contributed by atoms with Crippen molar-refractivity contribution in [2.24, 2.45) is 5.73 Å². The van der Waals surface area contributed by atoms with Crippen LogP contribution in [0, 0.1) is 0 Å². The molecule has 3 atom stereocenters. The smallest absolute Gasteiger partial charge is 0.434 e. The van der Waals surface area contributed by atoms with E-state index in [-0.39, 0.29) is 25.5 Å². The molecule has 3 rings (SSSR count). The Morgan fingerprint density at radius 3 is 2.40 bits per heavy atom. The van der Waals surface area contributed by atoms with Crippen LogP contribution in [-0.4, -0.2) is 75.5 Å². The summed E-state index contributed by atoms with van der Waals surface area (Å²) in [7, 11) is 0. The Hall–Kier alpha value is -3.90. The number of imidazole rings is 1. The molecule has 2 saturated heterocycles. The maximum absolute atomic E-state index is 13.5. The van der Waals surface area contributed by atoms with Gasteiger partial charge in [-0.1, -0.05) is 64.0 Å². The maximum Gasteiger partial charge on any atom is 0.510 e. The van der Waals surface area contributed by atoms with Gasteiger partial charge in [-0.15, -0.1) is 0 Å². The third kappa shape index (κ3) is 13.8. The number of likely N-dealkylation sites (tertiary alicyclic amines) is 1. The highest BCUT2D eigenvalue weighted by molar-refractivity contribution is 5.95. The normalized spacial score (nSPS) is 18.3. The fourth-order valence-corrected chi connectivity index (χ4v) is 5.92. The topological polar surface area (TPSA) is 175 Å². The quantitative estimate of drug-likeness (QED) is 0.0951. The van der Waals surface area contributed by atoms with E-state index in [1.807, 2.05) is 0 Å². The van der Waals surface area contributed by atoms with Crippen molar-refractivity contribution in [3.05, 3.63) is 30.4 Å². The lowest BCUT2D eigenvalue weighted by molar-refractivity contribution is -0.140. The van der Waals surface area contributed by atoms with Crippen LogP contribution in [0.25, 0.3) is 0 Å². The van der Waals surface area contributed by atoms with Gasteiger partial charge in [0.25, 0.3) is 0 Å². The van der Waals surface area contributed by atoms with Gasteiger partial charge in [0.2, 0.25) is 23.6 Å². The Morgan fingerprint density at radius 1 is 1.02 bits per heavy atom. The number of unbranched alkanes of at least 4 members (excludes halogenated alkanes) is 10. The van der Waals surface area contributed by atoms with E-state index in [0.29, 0.717) is 38.1 Å². The molecule has 2 aliphatic heterocycles. The van der Waals surface area contributed by atoms with Gasteiger partial charge in [0.1, 0.15) is 18.1 Å². The summed E-state index contributed by atoms with van der Waals surface area (Å²) in [4.78, 5) is 67.7. The summed E-state index contributed by atoms with van der Waals surface area (Å²) in [6.45, 7) is 2.74. The second-order valence-corrected chi connectivity index (χ2v) is 12.5. The molecule has 0 saturated carbocycles. The van der Waals surface area contributed by atoms with Crippen LogP contribution in [0.2, 0.25) is 0 Å². The predicted molar refractivity (Wildman–Crippen MR) is 176 cm³/mol. The molecule has 4 amide bonds. The van der Waals surface area contributed by atoms with Crippen LogP contribution in [0.1, 0.15) is 115 Å². The Kier molecular flexibility index (Phi) is 16.8. The molecule has 13 nitrogen and oxygen atoms in total. The molecule has 47 heavy (non-hydrogen) atoms. The van der Waals surface area contributed by atoms with E-state index in [4.69, 9.17) is 15.2 Å². The zero-order valence-corrected chi connectivity index (χ0v) is 28.0. The van der Waals surface area contributed by atoms with Crippen molar-refractivity contribution in [1.29, 1.82) is 0 Å². The number of carbonyl (C=O) groups excluding carboxylic acids is 5. The molecule has 2 fully saturated rings. The lowest BCUT2D eigenvalue weighted by atomic mass is 10.1. The van der Waals surface area contributed by atoms with Crippen molar-refractivity contribution in [3.63, 3.8) is 0 Å². The Labute approximate surface area is 278 Å². The third-order valence-corrected chi connectivity index (χ3v) is 8.60. The molecule has 3 heterocycles. The monoisotopic (exact) mass is 658 g/mol. The molecule has 13 heteroatoms. The number of nitrogens with two attached hydrogens (primary N) is 1. The van der Waals surface area contributed by atoms with Gasteiger partial charge in [-0.2, -0.15) is 0 Å². The number of nitrogens with zero attached hydrogens (tertiary/aromatic N) is 3. The second-order valence-electron chi connectivity index (χ2n) is 12.5. The molecule has 262 valence electrons. The number of rotatable bonds is 22. The lowest BCUT2D eigenvalue weighted by Gasteiger charge is -2.28. The molecular formula is C34H54N6O7.